The lowest BCUT2D eigenvalue weighted by molar-refractivity contribution is 0.147. The summed E-state index contributed by atoms with van der Waals surface area (Å²) in [5.41, 5.74) is 0. The molecule has 0 saturated heterocycles. The molecular formula is C10H22N2O. The minimum atomic E-state index is 0.557. The van der Waals surface area contributed by atoms with Gasteiger partial charge in [-0.3, -0.25) is 0 Å². The minimum Gasteiger partial charge on any atom is -0.380 e. The number of hydrogen-bond acceptors (Lipinski definition) is 3. The lowest BCUT2D eigenvalue weighted by Crippen LogP contribution is -2.38. The van der Waals surface area contributed by atoms with E-state index in [0.717, 1.165) is 32.3 Å². The van der Waals surface area contributed by atoms with Crippen LogP contribution in [0.25, 0.3) is 0 Å². The highest BCUT2D eigenvalue weighted by Crippen LogP contribution is 2.18. The highest BCUT2D eigenvalue weighted by molar-refractivity contribution is 4.82. The molecule has 1 saturated carbocycles. The lowest BCUT2D eigenvalue weighted by Gasteiger charge is -2.14. The van der Waals surface area contributed by atoms with Crippen LogP contribution in [-0.2, 0) is 4.74 Å². The number of nitrogens with one attached hydrogen (secondary N) is 2. The molecule has 1 aliphatic rings. The molecule has 13 heavy (non-hydrogen) atoms. The van der Waals surface area contributed by atoms with Gasteiger partial charge in [0.1, 0.15) is 0 Å². The molecule has 2 N–H and O–H groups in total. The highest BCUT2D eigenvalue weighted by atomic mass is 16.5. The maximum atomic E-state index is 5.24. The minimum absolute atomic E-state index is 0.557. The first-order valence-electron chi connectivity index (χ1n) is 5.37. The van der Waals surface area contributed by atoms with Crippen LogP contribution in [0.1, 0.15) is 26.7 Å². The standard InChI is InChI=1S/C10H22N2O/c1-3-13-7-6-11-9(2)8-12-10-4-5-10/h9-12H,3-8H2,1-2H3. The van der Waals surface area contributed by atoms with E-state index < -0.39 is 0 Å². The molecule has 0 amide bonds. The molecule has 1 unspecified atom stereocenters. The Morgan fingerprint density at radius 1 is 1.46 bits per heavy atom. The van der Waals surface area contributed by atoms with Gasteiger partial charge >= 0.3 is 0 Å². The topological polar surface area (TPSA) is 33.3 Å². The van der Waals surface area contributed by atoms with E-state index in [1.807, 2.05) is 6.92 Å². The zero-order chi connectivity index (χ0) is 9.52. The van der Waals surface area contributed by atoms with Gasteiger partial charge in [-0.1, -0.05) is 0 Å². The van der Waals surface area contributed by atoms with E-state index in [2.05, 4.69) is 17.6 Å². The molecule has 0 bridgehead atoms. The normalized spacial score (nSPS) is 18.9. The van der Waals surface area contributed by atoms with Gasteiger partial charge in [-0.05, 0) is 26.7 Å². The van der Waals surface area contributed by atoms with E-state index in [-0.39, 0.29) is 0 Å². The van der Waals surface area contributed by atoms with Crippen molar-refractivity contribution in [1.29, 1.82) is 0 Å². The molecule has 1 rings (SSSR count). The van der Waals surface area contributed by atoms with E-state index in [4.69, 9.17) is 4.74 Å². The zero-order valence-electron chi connectivity index (χ0n) is 8.81. The molecule has 0 heterocycles. The Morgan fingerprint density at radius 3 is 2.85 bits per heavy atom. The molecular weight excluding hydrogens is 164 g/mol. The SMILES string of the molecule is CCOCCNC(C)CNC1CC1. The third-order valence-electron chi connectivity index (χ3n) is 2.23. The van der Waals surface area contributed by atoms with Crippen LogP contribution >= 0.6 is 0 Å². The summed E-state index contributed by atoms with van der Waals surface area (Å²) in [4.78, 5) is 0. The highest BCUT2D eigenvalue weighted by Gasteiger charge is 2.20. The molecule has 3 heteroatoms. The van der Waals surface area contributed by atoms with Crippen molar-refractivity contribution in [1.82, 2.24) is 10.6 Å². The lowest BCUT2D eigenvalue weighted by atomic mass is 10.3. The van der Waals surface area contributed by atoms with E-state index in [9.17, 15) is 0 Å². The van der Waals surface area contributed by atoms with Gasteiger partial charge in [0.2, 0.25) is 0 Å². The maximum absolute atomic E-state index is 5.24. The first-order chi connectivity index (χ1) is 6.33. The molecule has 0 radical (unpaired) electrons. The van der Waals surface area contributed by atoms with E-state index in [1.54, 1.807) is 0 Å². The van der Waals surface area contributed by atoms with E-state index in [0.29, 0.717) is 6.04 Å². The smallest absolute Gasteiger partial charge is 0.0590 e. The van der Waals surface area contributed by atoms with Crippen molar-refractivity contribution >= 4 is 0 Å². The summed E-state index contributed by atoms with van der Waals surface area (Å²) < 4.78 is 5.24. The predicted octanol–water partition coefficient (Wildman–Crippen LogP) is 0.753. The summed E-state index contributed by atoms with van der Waals surface area (Å²) >= 11 is 0. The summed E-state index contributed by atoms with van der Waals surface area (Å²) in [6.07, 6.45) is 2.73. The van der Waals surface area contributed by atoms with Crippen LogP contribution in [-0.4, -0.2) is 38.4 Å². The Balaban J connectivity index is 1.81. The van der Waals surface area contributed by atoms with Crippen LogP contribution < -0.4 is 10.6 Å². The van der Waals surface area contributed by atoms with Crippen LogP contribution in [0.2, 0.25) is 0 Å². The van der Waals surface area contributed by atoms with E-state index >= 15 is 0 Å². The summed E-state index contributed by atoms with van der Waals surface area (Å²) in [5.74, 6) is 0. The maximum Gasteiger partial charge on any atom is 0.0590 e. The zero-order valence-corrected chi connectivity index (χ0v) is 8.81. The fourth-order valence-corrected chi connectivity index (χ4v) is 1.22. The van der Waals surface area contributed by atoms with Crippen LogP contribution in [0.3, 0.4) is 0 Å². The van der Waals surface area contributed by atoms with Crippen molar-refractivity contribution < 1.29 is 4.74 Å². The Morgan fingerprint density at radius 2 is 2.23 bits per heavy atom. The second kappa shape index (κ2) is 6.35. The Bertz CT molecular complexity index is 126. The Hall–Kier alpha value is -0.120. The summed E-state index contributed by atoms with van der Waals surface area (Å²) in [6, 6.07) is 1.37. The predicted molar refractivity (Wildman–Crippen MR) is 55.0 cm³/mol. The number of ether oxygens (including phenoxy) is 1. The van der Waals surface area contributed by atoms with Gasteiger partial charge in [0.15, 0.2) is 0 Å². The van der Waals surface area contributed by atoms with Crippen LogP contribution in [0, 0.1) is 0 Å². The molecule has 1 fully saturated rings. The first-order valence-corrected chi connectivity index (χ1v) is 5.37. The largest absolute Gasteiger partial charge is 0.380 e. The molecule has 78 valence electrons. The fourth-order valence-electron chi connectivity index (χ4n) is 1.22. The average Bonchev–Trinajstić information content (AvgIpc) is 2.92. The van der Waals surface area contributed by atoms with Gasteiger partial charge in [0, 0.05) is 31.8 Å². The summed E-state index contributed by atoms with van der Waals surface area (Å²) in [5, 5.41) is 6.91. The van der Waals surface area contributed by atoms with Gasteiger partial charge < -0.3 is 15.4 Å². The third-order valence-corrected chi connectivity index (χ3v) is 2.23. The average molecular weight is 186 g/mol. The third kappa shape index (κ3) is 6.02. The molecule has 1 aliphatic carbocycles. The second-order valence-electron chi connectivity index (χ2n) is 3.73. The Kier molecular flexibility index (Phi) is 5.35. The molecule has 0 aliphatic heterocycles. The van der Waals surface area contributed by atoms with Crippen molar-refractivity contribution in [3.8, 4) is 0 Å². The van der Waals surface area contributed by atoms with Gasteiger partial charge in [-0.2, -0.15) is 0 Å². The fraction of sp³-hybridized carbons (Fsp3) is 1.00. The molecule has 1 atom stereocenters. The Labute approximate surface area is 81.2 Å². The van der Waals surface area contributed by atoms with Crippen molar-refractivity contribution in [3.63, 3.8) is 0 Å². The summed E-state index contributed by atoms with van der Waals surface area (Å²) in [7, 11) is 0. The van der Waals surface area contributed by atoms with Crippen LogP contribution in [0.5, 0.6) is 0 Å². The summed E-state index contributed by atoms with van der Waals surface area (Å²) in [6.45, 7) is 7.91. The van der Waals surface area contributed by atoms with Crippen LogP contribution in [0.15, 0.2) is 0 Å². The number of rotatable bonds is 8. The van der Waals surface area contributed by atoms with Gasteiger partial charge in [0.25, 0.3) is 0 Å². The van der Waals surface area contributed by atoms with Crippen molar-refractivity contribution in [2.45, 2.75) is 38.8 Å². The van der Waals surface area contributed by atoms with Crippen molar-refractivity contribution in [3.05, 3.63) is 0 Å². The van der Waals surface area contributed by atoms with Gasteiger partial charge in [-0.15, -0.1) is 0 Å². The molecule has 3 nitrogen and oxygen atoms in total. The van der Waals surface area contributed by atoms with Gasteiger partial charge in [-0.25, -0.2) is 0 Å². The molecule has 0 spiro atoms. The molecule has 0 aromatic heterocycles. The first kappa shape index (κ1) is 11.0. The van der Waals surface area contributed by atoms with Gasteiger partial charge in [0.05, 0.1) is 6.61 Å². The second-order valence-corrected chi connectivity index (χ2v) is 3.73. The monoisotopic (exact) mass is 186 g/mol. The molecule has 0 aromatic rings. The number of hydrogen-bond donors (Lipinski definition) is 2. The van der Waals surface area contributed by atoms with Crippen LogP contribution in [0.4, 0.5) is 0 Å². The van der Waals surface area contributed by atoms with E-state index in [1.165, 1.54) is 12.8 Å². The quantitative estimate of drug-likeness (QED) is 0.549. The molecule has 0 aromatic carbocycles. The van der Waals surface area contributed by atoms with Crippen molar-refractivity contribution in [2.75, 3.05) is 26.3 Å². The van der Waals surface area contributed by atoms with Crippen molar-refractivity contribution in [2.24, 2.45) is 0 Å².